The summed E-state index contributed by atoms with van der Waals surface area (Å²) in [7, 11) is 1.24. The Morgan fingerprint density at radius 3 is 2.28 bits per heavy atom. The van der Waals surface area contributed by atoms with Gasteiger partial charge in [0.2, 0.25) is 11.8 Å². The zero-order valence-electron chi connectivity index (χ0n) is 17.7. The summed E-state index contributed by atoms with van der Waals surface area (Å²) in [6, 6.07) is -2.17. The topological polar surface area (TPSA) is 120 Å². The normalized spacial score (nSPS) is 21.5. The summed E-state index contributed by atoms with van der Waals surface area (Å²) in [4.78, 5) is 53.2. The van der Waals surface area contributed by atoms with Gasteiger partial charge in [0.25, 0.3) is 0 Å². The lowest BCUT2D eigenvalue weighted by Crippen LogP contribution is -2.65. The van der Waals surface area contributed by atoms with Gasteiger partial charge in [-0.2, -0.15) is 0 Å². The van der Waals surface area contributed by atoms with Gasteiger partial charge in [-0.15, -0.1) is 0 Å². The van der Waals surface area contributed by atoms with Crippen molar-refractivity contribution in [1.82, 2.24) is 25.8 Å². The van der Waals surface area contributed by atoms with E-state index in [2.05, 4.69) is 20.7 Å². The quantitative estimate of drug-likeness (QED) is 0.515. The molecule has 0 aromatic rings. The highest BCUT2D eigenvalue weighted by Gasteiger charge is 2.39. The third kappa shape index (κ3) is 6.06. The minimum Gasteiger partial charge on any atom is -0.467 e. The van der Waals surface area contributed by atoms with Crippen molar-refractivity contribution < 1.29 is 23.9 Å². The lowest BCUT2D eigenvalue weighted by Gasteiger charge is -2.42. The molecule has 2 saturated heterocycles. The van der Waals surface area contributed by atoms with Gasteiger partial charge < -0.3 is 30.5 Å². The molecule has 29 heavy (non-hydrogen) atoms. The van der Waals surface area contributed by atoms with E-state index in [0.29, 0.717) is 6.54 Å². The number of hydrogen-bond acceptors (Lipinski definition) is 6. The third-order valence-corrected chi connectivity index (χ3v) is 5.27. The summed E-state index contributed by atoms with van der Waals surface area (Å²) < 4.78 is 4.65. The van der Waals surface area contributed by atoms with E-state index in [1.807, 2.05) is 13.8 Å². The second kappa shape index (κ2) is 10.4. The van der Waals surface area contributed by atoms with Crippen molar-refractivity contribution >= 4 is 23.8 Å². The molecular formula is C19H33N5O5. The standard InChI is InChI=1S/C19H33N5O5/c1-12(2)21-19(28)24-10-9-23(17(26)14-5-7-20-8-6-14)11-15(24)16(25)22-13(3)18(27)29-4/h12-15,20H,5-11H2,1-4H3,(H,21,28)(H,22,25). The van der Waals surface area contributed by atoms with Crippen molar-refractivity contribution in [3.63, 3.8) is 0 Å². The Bertz CT molecular complexity index is 620. The molecule has 0 spiro atoms. The molecule has 4 amide bonds. The van der Waals surface area contributed by atoms with Crippen LogP contribution < -0.4 is 16.0 Å². The number of piperidine rings is 1. The molecule has 2 fully saturated rings. The number of hydrogen-bond donors (Lipinski definition) is 3. The van der Waals surface area contributed by atoms with Gasteiger partial charge in [-0.25, -0.2) is 9.59 Å². The van der Waals surface area contributed by atoms with Crippen LogP contribution in [-0.4, -0.2) is 91.6 Å². The number of nitrogens with zero attached hydrogens (tertiary/aromatic N) is 2. The third-order valence-electron chi connectivity index (χ3n) is 5.27. The first kappa shape index (κ1) is 22.9. The number of methoxy groups -OCH3 is 1. The summed E-state index contributed by atoms with van der Waals surface area (Å²) in [5.74, 6) is -1.10. The fourth-order valence-electron chi connectivity index (χ4n) is 3.65. The molecule has 164 valence electrons. The molecular weight excluding hydrogens is 378 g/mol. The van der Waals surface area contributed by atoms with Crippen molar-refractivity contribution in [3.8, 4) is 0 Å². The number of piperazine rings is 1. The molecule has 0 radical (unpaired) electrons. The van der Waals surface area contributed by atoms with Crippen molar-refractivity contribution in [3.05, 3.63) is 0 Å². The summed E-state index contributed by atoms with van der Waals surface area (Å²) in [6.45, 7) is 7.52. The van der Waals surface area contributed by atoms with Crippen LogP contribution in [0.4, 0.5) is 4.79 Å². The molecule has 2 aliphatic rings. The van der Waals surface area contributed by atoms with Crippen molar-refractivity contribution in [2.45, 2.75) is 51.7 Å². The minimum atomic E-state index is -0.875. The first-order valence-electron chi connectivity index (χ1n) is 10.2. The number of esters is 1. The number of rotatable bonds is 5. The van der Waals surface area contributed by atoms with E-state index in [4.69, 9.17) is 0 Å². The van der Waals surface area contributed by atoms with Crippen LogP contribution in [0, 0.1) is 5.92 Å². The largest absolute Gasteiger partial charge is 0.467 e. The van der Waals surface area contributed by atoms with Gasteiger partial charge >= 0.3 is 12.0 Å². The Balaban J connectivity index is 2.13. The van der Waals surface area contributed by atoms with E-state index in [1.165, 1.54) is 18.9 Å². The average molecular weight is 412 g/mol. The molecule has 2 atom stereocenters. The van der Waals surface area contributed by atoms with Gasteiger partial charge in [-0.1, -0.05) is 0 Å². The van der Waals surface area contributed by atoms with Crippen LogP contribution in [0.25, 0.3) is 0 Å². The van der Waals surface area contributed by atoms with E-state index in [1.54, 1.807) is 4.90 Å². The Morgan fingerprint density at radius 1 is 1.03 bits per heavy atom. The zero-order chi connectivity index (χ0) is 21.6. The van der Waals surface area contributed by atoms with Gasteiger partial charge in [-0.3, -0.25) is 9.59 Å². The van der Waals surface area contributed by atoms with Crippen LogP contribution in [-0.2, 0) is 19.1 Å². The summed E-state index contributed by atoms with van der Waals surface area (Å²) in [5.41, 5.74) is 0. The maximum Gasteiger partial charge on any atom is 0.328 e. The molecule has 2 aliphatic heterocycles. The lowest BCUT2D eigenvalue weighted by atomic mass is 9.95. The fourth-order valence-corrected chi connectivity index (χ4v) is 3.65. The Hall–Kier alpha value is -2.36. The fraction of sp³-hybridized carbons (Fsp3) is 0.789. The van der Waals surface area contributed by atoms with E-state index in [0.717, 1.165) is 25.9 Å². The second-order valence-electron chi connectivity index (χ2n) is 7.88. The van der Waals surface area contributed by atoms with Gasteiger partial charge in [0.1, 0.15) is 12.1 Å². The molecule has 10 nitrogen and oxygen atoms in total. The van der Waals surface area contributed by atoms with Crippen LogP contribution >= 0.6 is 0 Å². The minimum absolute atomic E-state index is 0.0224. The van der Waals surface area contributed by atoms with E-state index >= 15 is 0 Å². The van der Waals surface area contributed by atoms with Crippen LogP contribution in [0.2, 0.25) is 0 Å². The summed E-state index contributed by atoms with van der Waals surface area (Å²) >= 11 is 0. The second-order valence-corrected chi connectivity index (χ2v) is 7.88. The van der Waals surface area contributed by atoms with E-state index in [-0.39, 0.29) is 37.0 Å². The van der Waals surface area contributed by atoms with Gasteiger partial charge in [0.15, 0.2) is 0 Å². The molecule has 2 unspecified atom stereocenters. The molecule has 2 heterocycles. The molecule has 3 N–H and O–H groups in total. The highest BCUT2D eigenvalue weighted by Crippen LogP contribution is 2.19. The Morgan fingerprint density at radius 2 is 1.69 bits per heavy atom. The maximum absolute atomic E-state index is 12.9. The monoisotopic (exact) mass is 411 g/mol. The molecule has 10 heteroatoms. The number of carbonyl (C=O) groups excluding carboxylic acids is 4. The van der Waals surface area contributed by atoms with Crippen molar-refractivity contribution in [2.75, 3.05) is 39.8 Å². The van der Waals surface area contributed by atoms with Crippen molar-refractivity contribution in [1.29, 1.82) is 0 Å². The van der Waals surface area contributed by atoms with Crippen LogP contribution in [0.1, 0.15) is 33.6 Å². The average Bonchev–Trinajstić information content (AvgIpc) is 2.72. The van der Waals surface area contributed by atoms with E-state index in [9.17, 15) is 19.2 Å². The molecule has 0 aromatic heterocycles. The zero-order valence-corrected chi connectivity index (χ0v) is 17.7. The molecule has 0 aliphatic carbocycles. The van der Waals surface area contributed by atoms with Gasteiger partial charge in [0, 0.05) is 25.0 Å². The maximum atomic E-state index is 12.9. The predicted octanol–water partition coefficient (Wildman–Crippen LogP) is -0.705. The SMILES string of the molecule is COC(=O)C(C)NC(=O)C1CN(C(=O)C2CCNCC2)CCN1C(=O)NC(C)C. The van der Waals surface area contributed by atoms with Gasteiger partial charge in [0.05, 0.1) is 13.7 Å². The molecule has 0 bridgehead atoms. The summed E-state index contributed by atoms with van der Waals surface area (Å²) in [6.07, 6.45) is 1.53. The highest BCUT2D eigenvalue weighted by molar-refractivity contribution is 5.91. The number of amides is 4. The highest BCUT2D eigenvalue weighted by atomic mass is 16.5. The Kier molecular flexibility index (Phi) is 8.24. The van der Waals surface area contributed by atoms with Crippen molar-refractivity contribution in [2.24, 2.45) is 5.92 Å². The van der Waals surface area contributed by atoms with E-state index < -0.39 is 24.0 Å². The predicted molar refractivity (Wildman–Crippen MR) is 106 cm³/mol. The smallest absolute Gasteiger partial charge is 0.328 e. The Labute approximate surface area is 171 Å². The lowest BCUT2D eigenvalue weighted by molar-refractivity contribution is -0.146. The number of urea groups is 1. The summed E-state index contributed by atoms with van der Waals surface area (Å²) in [5, 5.41) is 8.63. The number of ether oxygens (including phenoxy) is 1. The molecule has 0 aromatic carbocycles. The number of nitrogens with one attached hydrogen (secondary N) is 3. The molecule has 2 rings (SSSR count). The first-order valence-corrected chi connectivity index (χ1v) is 10.2. The molecule has 0 saturated carbocycles. The van der Waals surface area contributed by atoms with Crippen LogP contribution in [0.3, 0.4) is 0 Å². The van der Waals surface area contributed by atoms with Gasteiger partial charge in [-0.05, 0) is 46.7 Å². The van der Waals surface area contributed by atoms with Crippen LogP contribution in [0.5, 0.6) is 0 Å². The first-order chi connectivity index (χ1) is 13.7. The van der Waals surface area contributed by atoms with Crippen LogP contribution in [0.15, 0.2) is 0 Å². The number of carbonyl (C=O) groups is 4.